The summed E-state index contributed by atoms with van der Waals surface area (Å²) >= 11 is 1.73. The van der Waals surface area contributed by atoms with Gasteiger partial charge in [-0.2, -0.15) is 11.8 Å². The van der Waals surface area contributed by atoms with Gasteiger partial charge < -0.3 is 14.2 Å². The molecule has 0 spiro atoms. The van der Waals surface area contributed by atoms with E-state index in [-0.39, 0.29) is 23.2 Å². The predicted molar refractivity (Wildman–Crippen MR) is 93.3 cm³/mol. The molecule has 0 aromatic rings. The first-order chi connectivity index (χ1) is 11.0. The lowest BCUT2D eigenvalue weighted by Crippen LogP contribution is -2.33. The molecule has 0 aliphatic carbocycles. The second kappa shape index (κ2) is 10.8. The molecule has 1 saturated heterocycles. The maximum Gasteiger partial charge on any atom is 0.340 e. The third-order valence-corrected chi connectivity index (χ3v) is 3.67. The molecular weight excluding hydrogens is 332 g/mol. The molecule has 0 aromatic heterocycles. The first-order valence-electron chi connectivity index (χ1n) is 7.21. The molecule has 1 heterocycles. The lowest BCUT2D eigenvalue weighted by Gasteiger charge is -2.26. The standard InChI is InChI=1S/C9H14O3S.C8H10O3/c1-6(2)9(10)12-8-5-13-4-7(3)11-8;1-5(2)7(9)11-8(10)6(3)4/h7-8H,1,4-5H2,2-3H3;1,3H2,2,4H3. The quantitative estimate of drug-likeness (QED) is 0.435. The Morgan fingerprint density at radius 1 is 0.917 bits per heavy atom. The van der Waals surface area contributed by atoms with Crippen LogP contribution in [0.25, 0.3) is 0 Å². The fourth-order valence-electron chi connectivity index (χ4n) is 1.21. The first-order valence-corrected chi connectivity index (χ1v) is 8.37. The van der Waals surface area contributed by atoms with E-state index in [0.29, 0.717) is 11.3 Å². The largest absolute Gasteiger partial charge is 0.431 e. The van der Waals surface area contributed by atoms with Crippen LogP contribution in [0, 0.1) is 0 Å². The Balaban J connectivity index is 0.000000449. The molecule has 134 valence electrons. The van der Waals surface area contributed by atoms with E-state index in [0.717, 1.165) is 5.75 Å². The Hall–Kier alpha value is -1.86. The summed E-state index contributed by atoms with van der Waals surface area (Å²) in [4.78, 5) is 32.5. The minimum Gasteiger partial charge on any atom is -0.431 e. The van der Waals surface area contributed by atoms with Crippen molar-refractivity contribution in [2.24, 2.45) is 0 Å². The Morgan fingerprint density at radius 2 is 1.38 bits per heavy atom. The van der Waals surface area contributed by atoms with Gasteiger partial charge in [-0.25, -0.2) is 14.4 Å². The highest BCUT2D eigenvalue weighted by Gasteiger charge is 2.22. The molecule has 2 unspecified atom stereocenters. The van der Waals surface area contributed by atoms with Gasteiger partial charge in [0.25, 0.3) is 0 Å². The topological polar surface area (TPSA) is 78.9 Å². The maximum atomic E-state index is 11.1. The van der Waals surface area contributed by atoms with Gasteiger partial charge in [-0.3, -0.25) is 0 Å². The second-order valence-electron chi connectivity index (χ2n) is 5.34. The Labute approximate surface area is 146 Å². The molecule has 1 fully saturated rings. The van der Waals surface area contributed by atoms with Crippen molar-refractivity contribution >= 4 is 29.7 Å². The van der Waals surface area contributed by atoms with Crippen molar-refractivity contribution in [3.8, 4) is 0 Å². The summed E-state index contributed by atoms with van der Waals surface area (Å²) in [5.41, 5.74) is 0.797. The summed E-state index contributed by atoms with van der Waals surface area (Å²) in [5, 5.41) is 0. The SMILES string of the molecule is C=C(C)C(=O)OC(=O)C(=C)C.C=C(C)C(=O)OC1CSCC(C)O1. The lowest BCUT2D eigenvalue weighted by atomic mass is 10.3. The number of carbonyl (C=O) groups excluding carboxylic acids is 3. The number of ether oxygens (including phenoxy) is 3. The van der Waals surface area contributed by atoms with Crippen LogP contribution in [-0.4, -0.2) is 41.8 Å². The third kappa shape index (κ3) is 9.32. The van der Waals surface area contributed by atoms with Crippen LogP contribution in [-0.2, 0) is 28.6 Å². The molecular formula is C17H24O6S. The van der Waals surface area contributed by atoms with Crippen molar-refractivity contribution in [3.05, 3.63) is 36.5 Å². The predicted octanol–water partition coefficient (Wildman–Crippen LogP) is 2.79. The fourth-order valence-corrected chi connectivity index (χ4v) is 2.09. The van der Waals surface area contributed by atoms with Crippen molar-refractivity contribution in [1.82, 2.24) is 0 Å². The Morgan fingerprint density at radius 3 is 1.75 bits per heavy atom. The zero-order chi connectivity index (χ0) is 18.9. The van der Waals surface area contributed by atoms with E-state index in [1.54, 1.807) is 18.7 Å². The molecule has 24 heavy (non-hydrogen) atoms. The van der Waals surface area contributed by atoms with Crippen LogP contribution in [0.2, 0.25) is 0 Å². The lowest BCUT2D eigenvalue weighted by molar-refractivity contribution is -0.177. The number of carbonyl (C=O) groups is 3. The van der Waals surface area contributed by atoms with Crippen LogP contribution >= 0.6 is 11.8 Å². The highest BCUT2D eigenvalue weighted by atomic mass is 32.2. The van der Waals surface area contributed by atoms with E-state index in [9.17, 15) is 14.4 Å². The molecule has 6 nitrogen and oxygen atoms in total. The van der Waals surface area contributed by atoms with Gasteiger partial charge in [0.1, 0.15) is 0 Å². The minimum absolute atomic E-state index is 0.154. The summed E-state index contributed by atoms with van der Waals surface area (Å²) in [7, 11) is 0. The second-order valence-corrected chi connectivity index (χ2v) is 6.41. The monoisotopic (exact) mass is 356 g/mol. The van der Waals surface area contributed by atoms with Crippen LogP contribution < -0.4 is 0 Å². The molecule has 0 aromatic carbocycles. The molecule has 0 amide bonds. The number of rotatable bonds is 4. The summed E-state index contributed by atoms with van der Waals surface area (Å²) in [5.74, 6) is -0.125. The average Bonchev–Trinajstić information content (AvgIpc) is 2.47. The van der Waals surface area contributed by atoms with E-state index < -0.39 is 18.2 Å². The van der Waals surface area contributed by atoms with Crippen molar-refractivity contribution in [1.29, 1.82) is 0 Å². The van der Waals surface area contributed by atoms with Gasteiger partial charge in [0.2, 0.25) is 6.29 Å². The number of esters is 3. The number of hydrogen-bond donors (Lipinski definition) is 0. The van der Waals surface area contributed by atoms with E-state index in [1.165, 1.54) is 13.8 Å². The first kappa shape index (κ1) is 22.1. The number of hydrogen-bond acceptors (Lipinski definition) is 7. The summed E-state index contributed by atoms with van der Waals surface area (Å²) < 4.78 is 14.7. The van der Waals surface area contributed by atoms with Gasteiger partial charge in [-0.05, 0) is 27.7 Å². The number of thioether (sulfide) groups is 1. The minimum atomic E-state index is -0.710. The van der Waals surface area contributed by atoms with E-state index in [2.05, 4.69) is 24.5 Å². The fraction of sp³-hybridized carbons (Fsp3) is 0.471. The van der Waals surface area contributed by atoms with Gasteiger partial charge in [-0.1, -0.05) is 19.7 Å². The van der Waals surface area contributed by atoms with E-state index >= 15 is 0 Å². The smallest absolute Gasteiger partial charge is 0.340 e. The van der Waals surface area contributed by atoms with Gasteiger partial charge >= 0.3 is 17.9 Å². The summed E-state index contributed by atoms with van der Waals surface area (Å²) in [6.45, 7) is 16.7. The zero-order valence-electron chi connectivity index (χ0n) is 14.5. The molecule has 0 N–H and O–H groups in total. The van der Waals surface area contributed by atoms with Crippen LogP contribution in [0.4, 0.5) is 0 Å². The van der Waals surface area contributed by atoms with Crippen LogP contribution in [0.3, 0.4) is 0 Å². The van der Waals surface area contributed by atoms with Crippen molar-refractivity contribution in [2.45, 2.75) is 40.1 Å². The van der Waals surface area contributed by atoms with Gasteiger partial charge in [0, 0.05) is 22.5 Å². The summed E-state index contributed by atoms with van der Waals surface area (Å²) in [6, 6.07) is 0. The molecule has 7 heteroatoms. The van der Waals surface area contributed by atoms with Gasteiger partial charge in [-0.15, -0.1) is 0 Å². The van der Waals surface area contributed by atoms with Crippen LogP contribution in [0.15, 0.2) is 36.5 Å². The molecule has 0 bridgehead atoms. The van der Waals surface area contributed by atoms with Crippen LogP contribution in [0.1, 0.15) is 27.7 Å². The summed E-state index contributed by atoms with van der Waals surface area (Å²) in [6.07, 6.45) is -0.250. The highest BCUT2D eigenvalue weighted by molar-refractivity contribution is 7.99. The molecule has 1 aliphatic rings. The highest BCUT2D eigenvalue weighted by Crippen LogP contribution is 2.19. The normalized spacial score (nSPS) is 19.2. The average molecular weight is 356 g/mol. The van der Waals surface area contributed by atoms with Gasteiger partial charge in [0.05, 0.1) is 11.9 Å². The molecule has 0 radical (unpaired) electrons. The Kier molecular flexibility index (Phi) is 9.99. The molecule has 2 atom stereocenters. The molecule has 1 aliphatic heterocycles. The van der Waals surface area contributed by atoms with Crippen molar-refractivity contribution in [2.75, 3.05) is 11.5 Å². The third-order valence-electron chi connectivity index (χ3n) is 2.46. The van der Waals surface area contributed by atoms with Crippen LogP contribution in [0.5, 0.6) is 0 Å². The molecule has 0 saturated carbocycles. The zero-order valence-corrected chi connectivity index (χ0v) is 15.4. The van der Waals surface area contributed by atoms with Crippen molar-refractivity contribution in [3.63, 3.8) is 0 Å². The van der Waals surface area contributed by atoms with E-state index in [1.807, 2.05) is 6.92 Å². The Bertz CT molecular complexity index is 513. The van der Waals surface area contributed by atoms with E-state index in [4.69, 9.17) is 9.47 Å². The maximum absolute atomic E-state index is 11.1. The van der Waals surface area contributed by atoms with Gasteiger partial charge in [0.15, 0.2) is 0 Å². The van der Waals surface area contributed by atoms with Crippen molar-refractivity contribution < 1.29 is 28.6 Å². The molecule has 1 rings (SSSR count).